The summed E-state index contributed by atoms with van der Waals surface area (Å²) in [7, 11) is 0. The number of benzene rings is 1. The van der Waals surface area contributed by atoms with Gasteiger partial charge in [0.2, 0.25) is 0 Å². The molecular weight excluding hydrogens is 221 g/mol. The minimum Gasteiger partial charge on any atom is -0.386 e. The number of hydrogen-bond donors (Lipinski definition) is 1. The maximum absolute atomic E-state index is 12.8. The van der Waals surface area contributed by atoms with Crippen molar-refractivity contribution >= 4 is 0 Å². The summed E-state index contributed by atoms with van der Waals surface area (Å²) < 4.78 is 14.5. The monoisotopic (exact) mass is 233 g/mol. The van der Waals surface area contributed by atoms with Crippen molar-refractivity contribution in [3.8, 4) is 0 Å². The molecule has 2 aromatic rings. The lowest BCUT2D eigenvalue weighted by Crippen LogP contribution is -2.26. The molecule has 3 rings (SSSR count). The van der Waals surface area contributed by atoms with Gasteiger partial charge in [-0.05, 0) is 30.5 Å². The summed E-state index contributed by atoms with van der Waals surface area (Å²) in [5.74, 6) is -0.299. The lowest BCUT2D eigenvalue weighted by Gasteiger charge is -2.22. The number of aliphatic hydroxyl groups excluding tert-OH is 1. The molecule has 0 spiro atoms. The van der Waals surface area contributed by atoms with Gasteiger partial charge in [-0.2, -0.15) is 5.10 Å². The van der Waals surface area contributed by atoms with E-state index in [0.717, 1.165) is 12.8 Å². The topological polar surface area (TPSA) is 50.9 Å². The molecular formula is C12H12FN3O. The first kappa shape index (κ1) is 10.4. The van der Waals surface area contributed by atoms with Gasteiger partial charge in [0.1, 0.15) is 24.6 Å². The van der Waals surface area contributed by atoms with E-state index in [1.54, 1.807) is 23.1 Å². The number of rotatable bonds is 3. The summed E-state index contributed by atoms with van der Waals surface area (Å²) in [6, 6.07) is 5.93. The maximum Gasteiger partial charge on any atom is 0.137 e. The van der Waals surface area contributed by atoms with Gasteiger partial charge < -0.3 is 5.11 Å². The predicted molar refractivity (Wildman–Crippen MR) is 58.6 cm³/mol. The summed E-state index contributed by atoms with van der Waals surface area (Å²) >= 11 is 0. The highest BCUT2D eigenvalue weighted by molar-refractivity contribution is 5.24. The highest BCUT2D eigenvalue weighted by Gasteiger charge is 2.52. The highest BCUT2D eigenvalue weighted by atomic mass is 19.1. The van der Waals surface area contributed by atoms with Crippen LogP contribution in [0.2, 0.25) is 0 Å². The highest BCUT2D eigenvalue weighted by Crippen LogP contribution is 2.52. The molecule has 1 aromatic heterocycles. The van der Waals surface area contributed by atoms with Crippen molar-refractivity contribution in [2.24, 2.45) is 0 Å². The SMILES string of the molecule is OC(c1ccc(F)cc1)C1(n2cncn2)CC1. The zero-order valence-electron chi connectivity index (χ0n) is 9.12. The van der Waals surface area contributed by atoms with Crippen molar-refractivity contribution in [1.82, 2.24) is 14.8 Å². The standard InChI is InChI=1S/C12H12FN3O/c13-10-3-1-9(2-4-10)11(17)12(5-6-12)16-8-14-7-15-16/h1-4,7-8,11,17H,5-6H2. The maximum atomic E-state index is 12.8. The Kier molecular flexibility index (Phi) is 2.22. The Labute approximate surface area is 97.7 Å². The number of halogens is 1. The van der Waals surface area contributed by atoms with Crippen LogP contribution < -0.4 is 0 Å². The van der Waals surface area contributed by atoms with Crippen LogP contribution in [0, 0.1) is 5.82 Å². The summed E-state index contributed by atoms with van der Waals surface area (Å²) in [5.41, 5.74) is 0.313. The van der Waals surface area contributed by atoms with Crippen molar-refractivity contribution in [2.45, 2.75) is 24.5 Å². The van der Waals surface area contributed by atoms with E-state index in [-0.39, 0.29) is 5.82 Å². The number of nitrogens with zero attached hydrogens (tertiary/aromatic N) is 3. The molecule has 1 atom stereocenters. The fraction of sp³-hybridized carbons (Fsp3) is 0.333. The van der Waals surface area contributed by atoms with E-state index < -0.39 is 11.6 Å². The molecule has 0 aliphatic heterocycles. The molecule has 5 heteroatoms. The first-order valence-corrected chi connectivity index (χ1v) is 5.51. The van der Waals surface area contributed by atoms with Gasteiger partial charge in [0.25, 0.3) is 0 Å². The van der Waals surface area contributed by atoms with Crippen molar-refractivity contribution in [3.63, 3.8) is 0 Å². The van der Waals surface area contributed by atoms with Gasteiger partial charge in [-0.1, -0.05) is 12.1 Å². The third kappa shape index (κ3) is 1.63. The minimum absolute atomic E-state index is 0.299. The van der Waals surface area contributed by atoms with Crippen molar-refractivity contribution in [3.05, 3.63) is 48.3 Å². The van der Waals surface area contributed by atoms with E-state index in [1.165, 1.54) is 18.5 Å². The minimum atomic E-state index is -0.676. The molecule has 1 aliphatic carbocycles. The smallest absolute Gasteiger partial charge is 0.137 e. The summed E-state index contributed by atoms with van der Waals surface area (Å²) in [6.07, 6.45) is 4.10. The third-order valence-electron chi connectivity index (χ3n) is 3.33. The molecule has 1 heterocycles. The molecule has 1 aliphatic rings. The summed E-state index contributed by atoms with van der Waals surface area (Å²) in [4.78, 5) is 3.90. The van der Waals surface area contributed by atoms with E-state index in [9.17, 15) is 9.50 Å². The van der Waals surface area contributed by atoms with Gasteiger partial charge >= 0.3 is 0 Å². The number of hydrogen-bond acceptors (Lipinski definition) is 3. The number of aliphatic hydroxyl groups is 1. The third-order valence-corrected chi connectivity index (χ3v) is 3.33. The van der Waals surface area contributed by atoms with Gasteiger partial charge in [-0.3, -0.25) is 0 Å². The van der Waals surface area contributed by atoms with Gasteiger partial charge in [0, 0.05) is 0 Å². The van der Waals surface area contributed by atoms with E-state index >= 15 is 0 Å². The molecule has 0 radical (unpaired) electrons. The summed E-state index contributed by atoms with van der Waals surface area (Å²) in [5, 5.41) is 14.4. The normalized spacial score (nSPS) is 18.9. The Morgan fingerprint density at radius 3 is 2.53 bits per heavy atom. The van der Waals surface area contributed by atoms with Crippen LogP contribution in [0.15, 0.2) is 36.9 Å². The molecule has 88 valence electrons. The Morgan fingerprint density at radius 1 is 1.29 bits per heavy atom. The Bertz CT molecular complexity index is 505. The average molecular weight is 233 g/mol. The Hall–Kier alpha value is -1.75. The number of aromatic nitrogens is 3. The predicted octanol–water partition coefficient (Wildman–Crippen LogP) is 1.64. The van der Waals surface area contributed by atoms with E-state index in [1.807, 2.05) is 0 Å². The van der Waals surface area contributed by atoms with Crippen LogP contribution in [0.5, 0.6) is 0 Å². The van der Waals surface area contributed by atoms with Crippen LogP contribution in [0.1, 0.15) is 24.5 Å². The van der Waals surface area contributed by atoms with Crippen LogP contribution in [-0.2, 0) is 5.54 Å². The van der Waals surface area contributed by atoms with Crippen molar-refractivity contribution < 1.29 is 9.50 Å². The van der Waals surface area contributed by atoms with Gasteiger partial charge in [-0.15, -0.1) is 0 Å². The first-order chi connectivity index (χ1) is 8.22. The molecule has 1 N–H and O–H groups in total. The zero-order chi connectivity index (χ0) is 11.9. The molecule has 1 fully saturated rings. The average Bonchev–Trinajstić information content (AvgIpc) is 2.97. The van der Waals surface area contributed by atoms with E-state index in [4.69, 9.17) is 0 Å². The molecule has 1 aromatic carbocycles. The van der Waals surface area contributed by atoms with Gasteiger partial charge in [0.05, 0.1) is 5.54 Å². The molecule has 1 saturated carbocycles. The molecule has 1 unspecified atom stereocenters. The van der Waals surface area contributed by atoms with Crippen LogP contribution in [0.4, 0.5) is 4.39 Å². The second-order valence-corrected chi connectivity index (χ2v) is 4.40. The van der Waals surface area contributed by atoms with E-state index in [0.29, 0.717) is 5.56 Å². The molecule has 17 heavy (non-hydrogen) atoms. The fourth-order valence-corrected chi connectivity index (χ4v) is 2.15. The van der Waals surface area contributed by atoms with Crippen molar-refractivity contribution in [1.29, 1.82) is 0 Å². The lowest BCUT2D eigenvalue weighted by atomic mass is 10.0. The van der Waals surface area contributed by atoms with Crippen molar-refractivity contribution in [2.75, 3.05) is 0 Å². The Morgan fingerprint density at radius 2 is 2.00 bits per heavy atom. The van der Waals surface area contributed by atoms with Gasteiger partial charge in [0.15, 0.2) is 0 Å². The quantitative estimate of drug-likeness (QED) is 0.876. The molecule has 0 saturated heterocycles. The van der Waals surface area contributed by atoms with Crippen LogP contribution in [0.25, 0.3) is 0 Å². The second-order valence-electron chi connectivity index (χ2n) is 4.40. The molecule has 0 bridgehead atoms. The van der Waals surface area contributed by atoms with Gasteiger partial charge in [-0.25, -0.2) is 14.1 Å². The van der Waals surface area contributed by atoms with Crippen LogP contribution in [0.3, 0.4) is 0 Å². The Balaban J connectivity index is 1.92. The first-order valence-electron chi connectivity index (χ1n) is 5.51. The molecule has 0 amide bonds. The fourth-order valence-electron chi connectivity index (χ4n) is 2.15. The van der Waals surface area contributed by atoms with Crippen LogP contribution in [-0.4, -0.2) is 19.9 Å². The summed E-state index contributed by atoms with van der Waals surface area (Å²) in [6.45, 7) is 0. The largest absolute Gasteiger partial charge is 0.386 e. The molecule has 4 nitrogen and oxygen atoms in total. The second kappa shape index (κ2) is 3.63. The lowest BCUT2D eigenvalue weighted by molar-refractivity contribution is 0.0899. The zero-order valence-corrected chi connectivity index (χ0v) is 9.12. The van der Waals surface area contributed by atoms with Crippen LogP contribution >= 0.6 is 0 Å². The van der Waals surface area contributed by atoms with E-state index in [2.05, 4.69) is 10.1 Å².